The fourth-order valence-corrected chi connectivity index (χ4v) is 1.72. The molecule has 0 aliphatic rings. The molecule has 0 atom stereocenters. The van der Waals surface area contributed by atoms with E-state index in [0.29, 0.717) is 5.70 Å². The highest BCUT2D eigenvalue weighted by Gasteiger charge is 2.01. The second kappa shape index (κ2) is 4.93. The van der Waals surface area contributed by atoms with Crippen LogP contribution in [0.2, 0.25) is 0 Å². The summed E-state index contributed by atoms with van der Waals surface area (Å²) < 4.78 is 0.888. The number of nitro groups is 1. The van der Waals surface area contributed by atoms with Gasteiger partial charge < -0.3 is 5.32 Å². The number of hydrogen-bond acceptors (Lipinski definition) is 3. The molecular weight excluding hydrogens is 260 g/mol. The summed E-state index contributed by atoms with van der Waals surface area (Å²) in [5, 5.41) is 13.2. The Kier molecular flexibility index (Phi) is 3.85. The molecule has 0 unspecified atom stereocenters. The number of nitrogens with zero attached hydrogens (tertiary/aromatic N) is 1. The number of aryl methyl sites for hydroxylation is 1. The molecule has 0 bridgehead atoms. The first-order valence-electron chi connectivity index (χ1n) is 4.34. The highest BCUT2D eigenvalue weighted by atomic mass is 79.9. The Hall–Kier alpha value is -1.36. The van der Waals surface area contributed by atoms with Crippen molar-refractivity contribution in [3.63, 3.8) is 0 Å². The van der Waals surface area contributed by atoms with E-state index in [1.54, 1.807) is 6.92 Å². The van der Waals surface area contributed by atoms with Gasteiger partial charge in [0.1, 0.15) is 0 Å². The Labute approximate surface area is 96.3 Å². The van der Waals surface area contributed by atoms with Crippen molar-refractivity contribution in [2.75, 3.05) is 5.32 Å². The van der Waals surface area contributed by atoms with Crippen molar-refractivity contribution in [2.45, 2.75) is 13.8 Å². The number of nitrogens with one attached hydrogen (secondary N) is 1. The Morgan fingerprint density at radius 2 is 2.27 bits per heavy atom. The van der Waals surface area contributed by atoms with E-state index in [-0.39, 0.29) is 0 Å². The zero-order valence-electron chi connectivity index (χ0n) is 8.45. The summed E-state index contributed by atoms with van der Waals surface area (Å²) in [6.45, 7) is 3.63. The van der Waals surface area contributed by atoms with Crippen LogP contribution in [0.4, 0.5) is 5.69 Å². The first-order chi connectivity index (χ1) is 6.99. The van der Waals surface area contributed by atoms with E-state index >= 15 is 0 Å². The number of rotatable bonds is 3. The molecule has 1 aromatic rings. The van der Waals surface area contributed by atoms with E-state index in [2.05, 4.69) is 21.2 Å². The first-order valence-corrected chi connectivity index (χ1v) is 5.13. The number of benzene rings is 1. The lowest BCUT2D eigenvalue weighted by Crippen LogP contribution is -1.99. The molecule has 0 aromatic heterocycles. The molecular formula is C10H11BrN2O2. The predicted molar refractivity (Wildman–Crippen MR) is 63.3 cm³/mol. The van der Waals surface area contributed by atoms with Crippen LogP contribution in [0.5, 0.6) is 0 Å². The molecule has 0 saturated carbocycles. The van der Waals surface area contributed by atoms with Crippen LogP contribution in [0.1, 0.15) is 12.5 Å². The van der Waals surface area contributed by atoms with Crippen LogP contribution in [-0.4, -0.2) is 4.92 Å². The molecule has 0 amide bonds. The van der Waals surface area contributed by atoms with E-state index < -0.39 is 4.92 Å². The lowest BCUT2D eigenvalue weighted by Gasteiger charge is -2.07. The topological polar surface area (TPSA) is 55.2 Å². The third kappa shape index (κ3) is 3.71. The quantitative estimate of drug-likeness (QED) is 0.677. The second-order valence-electron chi connectivity index (χ2n) is 3.21. The summed E-state index contributed by atoms with van der Waals surface area (Å²) >= 11 is 3.38. The average molecular weight is 271 g/mol. The number of allylic oxidation sites excluding steroid dienone is 1. The standard InChI is InChI=1S/C10H11BrN2O2/c1-7-3-4-10(9(11)5-7)12-8(2)6-13(14)15/h3-6,12H,1-2H3/b8-6-. The van der Waals surface area contributed by atoms with Crippen LogP contribution in [0.15, 0.2) is 34.6 Å². The van der Waals surface area contributed by atoms with Gasteiger partial charge in [-0.3, -0.25) is 10.1 Å². The second-order valence-corrected chi connectivity index (χ2v) is 4.06. The first kappa shape index (κ1) is 11.7. The van der Waals surface area contributed by atoms with Gasteiger partial charge in [-0.15, -0.1) is 0 Å². The van der Waals surface area contributed by atoms with Gasteiger partial charge in [-0.05, 0) is 47.5 Å². The van der Waals surface area contributed by atoms with Crippen LogP contribution >= 0.6 is 15.9 Å². The summed E-state index contributed by atoms with van der Waals surface area (Å²) in [4.78, 5) is 9.73. The zero-order valence-corrected chi connectivity index (χ0v) is 10.0. The minimum atomic E-state index is -0.482. The van der Waals surface area contributed by atoms with Gasteiger partial charge in [-0.2, -0.15) is 0 Å². The van der Waals surface area contributed by atoms with Crippen LogP contribution < -0.4 is 5.32 Å². The van der Waals surface area contributed by atoms with Gasteiger partial charge in [0, 0.05) is 4.47 Å². The van der Waals surface area contributed by atoms with E-state index in [1.165, 1.54) is 0 Å². The predicted octanol–water partition coefficient (Wildman–Crippen LogP) is 3.31. The van der Waals surface area contributed by atoms with Crippen molar-refractivity contribution < 1.29 is 4.92 Å². The van der Waals surface area contributed by atoms with Gasteiger partial charge in [0.25, 0.3) is 6.20 Å². The third-order valence-electron chi connectivity index (χ3n) is 1.76. The molecule has 0 aliphatic carbocycles. The molecule has 15 heavy (non-hydrogen) atoms. The van der Waals surface area contributed by atoms with Crippen LogP contribution in [-0.2, 0) is 0 Å². The highest BCUT2D eigenvalue weighted by Crippen LogP contribution is 2.24. The van der Waals surface area contributed by atoms with Crippen LogP contribution in [0.25, 0.3) is 0 Å². The largest absolute Gasteiger partial charge is 0.353 e. The molecule has 1 N–H and O–H groups in total. The molecule has 1 aromatic carbocycles. The summed E-state index contributed by atoms with van der Waals surface area (Å²) in [6.07, 6.45) is 0.937. The van der Waals surface area contributed by atoms with Crippen molar-refractivity contribution in [1.29, 1.82) is 0 Å². The van der Waals surface area contributed by atoms with Gasteiger partial charge in [0.05, 0.1) is 16.3 Å². The van der Waals surface area contributed by atoms with Crippen molar-refractivity contribution in [3.05, 3.63) is 50.2 Å². The SMILES string of the molecule is C/C(=C/[N+](=O)[O-])Nc1ccc(C)cc1Br. The fraction of sp³-hybridized carbons (Fsp3) is 0.200. The summed E-state index contributed by atoms with van der Waals surface area (Å²) in [5.74, 6) is 0. The number of halogens is 1. The molecule has 4 nitrogen and oxygen atoms in total. The minimum absolute atomic E-state index is 0.482. The summed E-state index contributed by atoms with van der Waals surface area (Å²) in [7, 11) is 0. The third-order valence-corrected chi connectivity index (χ3v) is 2.41. The number of anilines is 1. The molecule has 0 spiro atoms. The minimum Gasteiger partial charge on any atom is -0.353 e. The maximum Gasteiger partial charge on any atom is 0.253 e. The normalized spacial score (nSPS) is 11.3. The molecule has 0 aliphatic heterocycles. The Morgan fingerprint density at radius 1 is 1.60 bits per heavy atom. The zero-order chi connectivity index (χ0) is 11.4. The molecule has 0 saturated heterocycles. The molecule has 80 valence electrons. The molecule has 1 rings (SSSR count). The van der Waals surface area contributed by atoms with Crippen molar-refractivity contribution in [1.82, 2.24) is 0 Å². The maximum absolute atomic E-state index is 10.2. The number of hydrogen-bond donors (Lipinski definition) is 1. The lowest BCUT2D eigenvalue weighted by atomic mass is 10.2. The lowest BCUT2D eigenvalue weighted by molar-refractivity contribution is -0.403. The fourth-order valence-electron chi connectivity index (χ4n) is 1.12. The summed E-state index contributed by atoms with van der Waals surface area (Å²) in [5.41, 5.74) is 2.43. The van der Waals surface area contributed by atoms with Crippen LogP contribution in [0.3, 0.4) is 0 Å². The van der Waals surface area contributed by atoms with Gasteiger partial charge in [0.15, 0.2) is 0 Å². The van der Waals surface area contributed by atoms with Gasteiger partial charge in [-0.25, -0.2) is 0 Å². The van der Waals surface area contributed by atoms with Gasteiger partial charge >= 0.3 is 0 Å². The monoisotopic (exact) mass is 270 g/mol. The van der Waals surface area contributed by atoms with Crippen molar-refractivity contribution >= 4 is 21.6 Å². The summed E-state index contributed by atoms with van der Waals surface area (Å²) in [6, 6.07) is 5.75. The Bertz CT molecular complexity index is 416. The maximum atomic E-state index is 10.2. The van der Waals surface area contributed by atoms with Gasteiger partial charge in [0.2, 0.25) is 0 Å². The average Bonchev–Trinajstić information content (AvgIpc) is 2.08. The van der Waals surface area contributed by atoms with Crippen molar-refractivity contribution in [2.24, 2.45) is 0 Å². The molecule has 0 radical (unpaired) electrons. The highest BCUT2D eigenvalue weighted by molar-refractivity contribution is 9.10. The van der Waals surface area contributed by atoms with Crippen LogP contribution in [0, 0.1) is 17.0 Å². The smallest absolute Gasteiger partial charge is 0.253 e. The Morgan fingerprint density at radius 3 is 2.80 bits per heavy atom. The molecule has 0 heterocycles. The van der Waals surface area contributed by atoms with Gasteiger partial charge in [-0.1, -0.05) is 6.07 Å². The van der Waals surface area contributed by atoms with E-state index in [0.717, 1.165) is 21.9 Å². The molecule has 5 heteroatoms. The van der Waals surface area contributed by atoms with Crippen molar-refractivity contribution in [3.8, 4) is 0 Å². The van der Waals surface area contributed by atoms with E-state index in [1.807, 2.05) is 25.1 Å². The van der Waals surface area contributed by atoms with E-state index in [4.69, 9.17) is 0 Å². The van der Waals surface area contributed by atoms with E-state index in [9.17, 15) is 10.1 Å². The Balaban J connectivity index is 2.86. The molecule has 0 fully saturated rings.